The molecule has 0 saturated carbocycles. The third-order valence-corrected chi connectivity index (χ3v) is 6.53. The highest BCUT2D eigenvalue weighted by Crippen LogP contribution is 2.55. The van der Waals surface area contributed by atoms with Crippen LogP contribution in [0, 0.1) is 11.7 Å². The van der Waals surface area contributed by atoms with Crippen molar-refractivity contribution in [3.05, 3.63) is 66.8 Å². The van der Waals surface area contributed by atoms with Crippen LogP contribution in [0.1, 0.15) is 17.2 Å². The second kappa shape index (κ2) is 7.72. The SMILES string of the molecule is O=C(O)C1C(c2ccc(F)c(Br)c2)N=CC1(c1cc(Cl)c(Cl)c(Cl)c1)C(F)(F)F. The molecule has 1 aliphatic rings. The fourth-order valence-electron chi connectivity index (χ4n) is 3.38. The minimum Gasteiger partial charge on any atom is -0.481 e. The number of hydrogen-bond donors (Lipinski definition) is 1. The Hall–Kier alpha value is -1.35. The molecule has 3 atom stereocenters. The molecular weight excluding hydrogens is 524 g/mol. The van der Waals surface area contributed by atoms with Gasteiger partial charge in [0.1, 0.15) is 17.2 Å². The number of alkyl halides is 3. The number of carbonyl (C=O) groups is 1. The second-order valence-corrected chi connectivity index (χ2v) is 8.38. The van der Waals surface area contributed by atoms with Gasteiger partial charge in [-0.05, 0) is 51.3 Å². The second-order valence-electron chi connectivity index (χ2n) is 6.33. The molecule has 2 aromatic rings. The van der Waals surface area contributed by atoms with Crippen molar-refractivity contribution in [1.82, 2.24) is 0 Å². The van der Waals surface area contributed by atoms with E-state index < -0.39 is 40.9 Å². The Balaban J connectivity index is 2.26. The van der Waals surface area contributed by atoms with Crippen molar-refractivity contribution in [3.63, 3.8) is 0 Å². The fraction of sp³-hybridized carbons (Fsp3) is 0.222. The molecular formula is C18H9BrCl3F4NO2. The Kier molecular flexibility index (Phi) is 5.95. The van der Waals surface area contributed by atoms with Crippen molar-refractivity contribution in [1.29, 1.82) is 0 Å². The maximum atomic E-state index is 14.4. The minimum atomic E-state index is -5.06. The first-order valence-electron chi connectivity index (χ1n) is 7.84. The molecule has 1 heterocycles. The number of aliphatic carboxylic acids is 1. The van der Waals surface area contributed by atoms with Gasteiger partial charge in [0, 0.05) is 6.21 Å². The van der Waals surface area contributed by atoms with E-state index in [9.17, 15) is 27.5 Å². The third kappa shape index (κ3) is 3.65. The minimum absolute atomic E-state index is 0.0311. The Bertz CT molecular complexity index is 1010. The molecule has 0 aliphatic carbocycles. The van der Waals surface area contributed by atoms with E-state index in [-0.39, 0.29) is 25.1 Å². The molecule has 0 aromatic heterocycles. The van der Waals surface area contributed by atoms with Crippen LogP contribution in [-0.2, 0) is 10.2 Å². The van der Waals surface area contributed by atoms with Crippen LogP contribution < -0.4 is 0 Å². The Morgan fingerprint density at radius 2 is 1.72 bits per heavy atom. The lowest BCUT2D eigenvalue weighted by Crippen LogP contribution is -2.51. The van der Waals surface area contributed by atoms with Gasteiger partial charge in [0.2, 0.25) is 0 Å². The Labute approximate surface area is 185 Å². The largest absolute Gasteiger partial charge is 0.481 e. The summed E-state index contributed by atoms with van der Waals surface area (Å²) in [7, 11) is 0. The molecule has 2 aromatic carbocycles. The topological polar surface area (TPSA) is 49.7 Å². The van der Waals surface area contributed by atoms with E-state index >= 15 is 0 Å². The smallest absolute Gasteiger partial charge is 0.404 e. The number of halogens is 8. The molecule has 154 valence electrons. The molecule has 0 spiro atoms. The summed E-state index contributed by atoms with van der Waals surface area (Å²) in [5.74, 6) is -4.48. The highest BCUT2D eigenvalue weighted by Gasteiger charge is 2.66. The Morgan fingerprint density at radius 3 is 2.21 bits per heavy atom. The first kappa shape index (κ1) is 22.3. The van der Waals surface area contributed by atoms with Crippen LogP contribution in [-0.4, -0.2) is 23.5 Å². The molecule has 0 bridgehead atoms. The number of carboxylic acid groups (broad SMARTS) is 1. The molecule has 1 N–H and O–H groups in total. The maximum Gasteiger partial charge on any atom is 0.404 e. The van der Waals surface area contributed by atoms with E-state index in [0.29, 0.717) is 6.21 Å². The summed E-state index contributed by atoms with van der Waals surface area (Å²) in [6.45, 7) is 0. The van der Waals surface area contributed by atoms with Crippen LogP contribution in [0.15, 0.2) is 39.8 Å². The first-order chi connectivity index (χ1) is 13.4. The summed E-state index contributed by atoms with van der Waals surface area (Å²) in [5.41, 5.74) is -3.44. The molecule has 0 amide bonds. The van der Waals surface area contributed by atoms with Crippen molar-refractivity contribution in [2.45, 2.75) is 17.6 Å². The summed E-state index contributed by atoms with van der Waals surface area (Å²) < 4.78 is 56.6. The van der Waals surface area contributed by atoms with Gasteiger partial charge in [0.15, 0.2) is 0 Å². The van der Waals surface area contributed by atoms with Crippen LogP contribution in [0.5, 0.6) is 0 Å². The molecule has 0 fully saturated rings. The summed E-state index contributed by atoms with van der Waals surface area (Å²) in [6, 6.07) is 3.81. The molecule has 3 unspecified atom stereocenters. The zero-order chi connectivity index (χ0) is 21.7. The zero-order valence-electron chi connectivity index (χ0n) is 13.9. The van der Waals surface area contributed by atoms with Crippen LogP contribution >= 0.6 is 50.7 Å². The standard InChI is InChI=1S/C18H9BrCl3F4NO2/c19-9-3-7(1-2-12(9)23)15-13(16(28)29)17(6-27-15,18(24,25)26)8-4-10(20)14(22)11(21)5-8/h1-6,13,15H,(H,28,29). The third-order valence-electron chi connectivity index (χ3n) is 4.73. The number of carboxylic acids is 1. The molecule has 0 radical (unpaired) electrons. The van der Waals surface area contributed by atoms with Gasteiger partial charge >= 0.3 is 12.1 Å². The number of aliphatic imine (C=N–C) groups is 1. The van der Waals surface area contributed by atoms with Gasteiger partial charge in [-0.1, -0.05) is 40.9 Å². The van der Waals surface area contributed by atoms with Crippen molar-refractivity contribution in [3.8, 4) is 0 Å². The predicted molar refractivity (Wildman–Crippen MR) is 106 cm³/mol. The molecule has 3 nitrogen and oxygen atoms in total. The summed E-state index contributed by atoms with van der Waals surface area (Å²) in [4.78, 5) is 15.9. The van der Waals surface area contributed by atoms with Crippen LogP contribution in [0.2, 0.25) is 15.1 Å². The number of benzene rings is 2. The van der Waals surface area contributed by atoms with Gasteiger partial charge in [-0.2, -0.15) is 13.2 Å². The van der Waals surface area contributed by atoms with Gasteiger partial charge in [0.05, 0.1) is 25.6 Å². The van der Waals surface area contributed by atoms with Crippen molar-refractivity contribution in [2.24, 2.45) is 10.9 Å². The van der Waals surface area contributed by atoms with Crippen molar-refractivity contribution < 1.29 is 27.5 Å². The van der Waals surface area contributed by atoms with Gasteiger partial charge in [-0.25, -0.2) is 4.39 Å². The first-order valence-corrected chi connectivity index (χ1v) is 9.76. The lowest BCUT2D eigenvalue weighted by Gasteiger charge is -2.35. The molecule has 3 rings (SSSR count). The van der Waals surface area contributed by atoms with Crippen molar-refractivity contribution >= 4 is 62.9 Å². The van der Waals surface area contributed by atoms with E-state index in [1.54, 1.807) is 0 Å². The van der Waals surface area contributed by atoms with E-state index in [1.807, 2.05) is 0 Å². The lowest BCUT2D eigenvalue weighted by atomic mass is 9.68. The highest BCUT2D eigenvalue weighted by atomic mass is 79.9. The molecule has 1 aliphatic heterocycles. The molecule has 29 heavy (non-hydrogen) atoms. The van der Waals surface area contributed by atoms with E-state index in [4.69, 9.17) is 34.8 Å². The van der Waals surface area contributed by atoms with Crippen LogP contribution in [0.4, 0.5) is 17.6 Å². The predicted octanol–water partition coefficient (Wildman–Crippen LogP) is 6.88. The number of rotatable bonds is 3. The monoisotopic (exact) mass is 531 g/mol. The molecule has 11 heteroatoms. The Morgan fingerprint density at radius 1 is 1.14 bits per heavy atom. The number of hydrogen-bond acceptors (Lipinski definition) is 2. The quantitative estimate of drug-likeness (QED) is 0.346. The van der Waals surface area contributed by atoms with Crippen LogP contribution in [0.25, 0.3) is 0 Å². The van der Waals surface area contributed by atoms with Gasteiger partial charge in [-0.3, -0.25) is 9.79 Å². The van der Waals surface area contributed by atoms with Crippen LogP contribution in [0.3, 0.4) is 0 Å². The maximum absolute atomic E-state index is 14.4. The van der Waals surface area contributed by atoms with E-state index in [1.165, 1.54) is 12.1 Å². The van der Waals surface area contributed by atoms with E-state index in [2.05, 4.69) is 20.9 Å². The highest BCUT2D eigenvalue weighted by molar-refractivity contribution is 9.10. The average molecular weight is 534 g/mol. The molecule has 0 saturated heterocycles. The summed E-state index contributed by atoms with van der Waals surface area (Å²) in [6.07, 6.45) is -4.52. The lowest BCUT2D eigenvalue weighted by molar-refractivity contribution is -0.190. The summed E-state index contributed by atoms with van der Waals surface area (Å²) >= 11 is 20.6. The number of nitrogens with zero attached hydrogens (tertiary/aromatic N) is 1. The van der Waals surface area contributed by atoms with Crippen molar-refractivity contribution in [2.75, 3.05) is 0 Å². The summed E-state index contributed by atoms with van der Waals surface area (Å²) in [5, 5.41) is 9.09. The van der Waals surface area contributed by atoms with Gasteiger partial charge in [0.25, 0.3) is 0 Å². The average Bonchev–Trinajstić information content (AvgIpc) is 3.03. The fourth-order valence-corrected chi connectivity index (χ4v) is 4.37. The van der Waals surface area contributed by atoms with Gasteiger partial charge in [-0.15, -0.1) is 0 Å². The van der Waals surface area contributed by atoms with Gasteiger partial charge < -0.3 is 5.11 Å². The zero-order valence-corrected chi connectivity index (χ0v) is 17.8. The normalized spacial score (nSPS) is 24.1. The van der Waals surface area contributed by atoms with E-state index in [0.717, 1.165) is 18.2 Å².